The average Bonchev–Trinajstić information content (AvgIpc) is 3.22. The van der Waals surface area contributed by atoms with Gasteiger partial charge in [-0.25, -0.2) is 9.97 Å². The number of rotatable bonds is 4. The summed E-state index contributed by atoms with van der Waals surface area (Å²) in [7, 11) is 0. The minimum absolute atomic E-state index is 0.116. The monoisotopic (exact) mass is 400 g/mol. The van der Waals surface area contributed by atoms with Crippen LogP contribution >= 0.6 is 0 Å². The highest BCUT2D eigenvalue weighted by Crippen LogP contribution is 2.31. The lowest BCUT2D eigenvalue weighted by Crippen LogP contribution is -2.35. The Balaban J connectivity index is 1.56. The van der Waals surface area contributed by atoms with Crippen molar-refractivity contribution < 1.29 is 5.11 Å². The van der Waals surface area contributed by atoms with E-state index in [4.69, 9.17) is 4.98 Å². The molecule has 30 heavy (non-hydrogen) atoms. The number of aryl methyl sites for hydroxylation is 1. The van der Waals surface area contributed by atoms with Crippen molar-refractivity contribution >= 4 is 5.95 Å². The lowest BCUT2D eigenvalue weighted by Gasteiger charge is -2.28. The molecule has 1 aliphatic heterocycles. The van der Waals surface area contributed by atoms with Gasteiger partial charge in [0.1, 0.15) is 6.61 Å². The van der Waals surface area contributed by atoms with E-state index in [9.17, 15) is 5.11 Å². The molecule has 0 bridgehead atoms. The fourth-order valence-electron chi connectivity index (χ4n) is 3.60. The number of nitrogens with zero attached hydrogens (tertiary/aromatic N) is 8. The van der Waals surface area contributed by atoms with Crippen molar-refractivity contribution in [3.05, 3.63) is 66.4 Å². The number of aliphatic hydroxyl groups excluding tert-OH is 1. The molecule has 0 aliphatic carbocycles. The molecule has 0 atom stereocenters. The first-order valence-electron chi connectivity index (χ1n) is 9.70. The summed E-state index contributed by atoms with van der Waals surface area (Å²) in [5.74, 6) is 2.01. The molecule has 0 unspecified atom stereocenters. The van der Waals surface area contributed by atoms with Gasteiger partial charge in [0.25, 0.3) is 0 Å². The fraction of sp³-hybridized carbons (Fsp3) is 0.238. The number of fused-ring (bicyclic) bond motifs is 1. The quantitative estimate of drug-likeness (QED) is 0.555. The third-order valence-electron chi connectivity index (χ3n) is 5.21. The van der Waals surface area contributed by atoms with Gasteiger partial charge in [0.2, 0.25) is 5.95 Å². The maximum absolute atomic E-state index is 9.41. The number of pyridine rings is 2. The Bertz CT molecular complexity index is 1170. The second-order valence-corrected chi connectivity index (χ2v) is 7.12. The topological polar surface area (TPSA) is 106 Å². The second-order valence-electron chi connectivity index (χ2n) is 7.12. The van der Waals surface area contributed by atoms with Crippen LogP contribution in [0.2, 0.25) is 0 Å². The number of aliphatic hydroxyl groups is 1. The summed E-state index contributed by atoms with van der Waals surface area (Å²) in [6.07, 6.45) is 7.21. The maximum Gasteiger partial charge on any atom is 0.226 e. The van der Waals surface area contributed by atoms with Crippen LogP contribution in [0.3, 0.4) is 0 Å². The van der Waals surface area contributed by atoms with Gasteiger partial charge < -0.3 is 14.6 Å². The van der Waals surface area contributed by atoms with E-state index in [1.807, 2.05) is 48.1 Å². The van der Waals surface area contributed by atoms with Gasteiger partial charge in [0, 0.05) is 54.7 Å². The lowest BCUT2D eigenvalue weighted by molar-refractivity contribution is 0.263. The van der Waals surface area contributed by atoms with E-state index < -0.39 is 0 Å². The van der Waals surface area contributed by atoms with Crippen molar-refractivity contribution in [1.29, 1.82) is 0 Å². The number of hydrogen-bond donors (Lipinski definition) is 1. The summed E-state index contributed by atoms with van der Waals surface area (Å²) in [4.78, 5) is 20.2. The summed E-state index contributed by atoms with van der Waals surface area (Å²) in [5, 5.41) is 17.7. The predicted octanol–water partition coefficient (Wildman–Crippen LogP) is 2.01. The lowest BCUT2D eigenvalue weighted by atomic mass is 10.0. The summed E-state index contributed by atoms with van der Waals surface area (Å²) in [5.41, 5.74) is 4.63. The van der Waals surface area contributed by atoms with E-state index in [1.165, 1.54) is 0 Å². The molecule has 0 aromatic carbocycles. The number of anilines is 1. The molecule has 0 spiro atoms. The molecule has 0 fully saturated rings. The Kier molecular flexibility index (Phi) is 4.64. The Labute approximate surface area is 173 Å². The molecule has 9 nitrogen and oxygen atoms in total. The summed E-state index contributed by atoms with van der Waals surface area (Å²) >= 11 is 0. The van der Waals surface area contributed by atoms with Crippen LogP contribution in [0.5, 0.6) is 0 Å². The van der Waals surface area contributed by atoms with E-state index in [0.717, 1.165) is 33.9 Å². The molecule has 0 saturated heterocycles. The SMILES string of the molecule is Cc1ccc(-c2nc(N3CCn4c(CO)nnc4C3)ncc2-c2ccncc2)cn1. The highest BCUT2D eigenvalue weighted by Gasteiger charge is 2.23. The van der Waals surface area contributed by atoms with Crippen molar-refractivity contribution in [2.75, 3.05) is 11.4 Å². The van der Waals surface area contributed by atoms with Crippen molar-refractivity contribution in [2.24, 2.45) is 0 Å². The van der Waals surface area contributed by atoms with E-state index in [1.54, 1.807) is 12.4 Å². The van der Waals surface area contributed by atoms with Crippen LogP contribution in [-0.2, 0) is 19.7 Å². The van der Waals surface area contributed by atoms with Crippen molar-refractivity contribution in [2.45, 2.75) is 26.6 Å². The van der Waals surface area contributed by atoms with Crippen LogP contribution < -0.4 is 4.90 Å². The Morgan fingerprint density at radius 2 is 1.83 bits per heavy atom. The number of hydrogen-bond acceptors (Lipinski definition) is 8. The number of aromatic nitrogens is 7. The van der Waals surface area contributed by atoms with E-state index in [0.29, 0.717) is 31.4 Å². The van der Waals surface area contributed by atoms with E-state index in [2.05, 4.69) is 30.0 Å². The first kappa shape index (κ1) is 18.3. The average molecular weight is 400 g/mol. The molecule has 4 aromatic rings. The van der Waals surface area contributed by atoms with Crippen LogP contribution in [0.1, 0.15) is 17.3 Å². The van der Waals surface area contributed by atoms with Gasteiger partial charge in [-0.05, 0) is 36.8 Å². The van der Waals surface area contributed by atoms with E-state index in [-0.39, 0.29) is 6.61 Å². The van der Waals surface area contributed by atoms with Gasteiger partial charge >= 0.3 is 0 Å². The zero-order chi connectivity index (χ0) is 20.5. The van der Waals surface area contributed by atoms with Gasteiger partial charge in [0.15, 0.2) is 11.6 Å². The molecule has 4 aromatic heterocycles. The molecule has 150 valence electrons. The minimum atomic E-state index is -0.116. The van der Waals surface area contributed by atoms with Crippen LogP contribution in [0.4, 0.5) is 5.95 Å². The summed E-state index contributed by atoms with van der Waals surface area (Å²) in [6.45, 7) is 3.76. The Morgan fingerprint density at radius 3 is 2.60 bits per heavy atom. The molecule has 1 N–H and O–H groups in total. The predicted molar refractivity (Wildman–Crippen MR) is 110 cm³/mol. The van der Waals surface area contributed by atoms with Gasteiger partial charge in [-0.15, -0.1) is 10.2 Å². The zero-order valence-electron chi connectivity index (χ0n) is 16.5. The first-order chi connectivity index (χ1) is 14.7. The van der Waals surface area contributed by atoms with Crippen LogP contribution in [-0.4, -0.2) is 46.4 Å². The fourth-order valence-corrected chi connectivity index (χ4v) is 3.60. The van der Waals surface area contributed by atoms with Crippen LogP contribution in [0.15, 0.2) is 49.1 Å². The van der Waals surface area contributed by atoms with Crippen LogP contribution in [0.25, 0.3) is 22.4 Å². The minimum Gasteiger partial charge on any atom is -0.388 e. The molecule has 0 radical (unpaired) electrons. The van der Waals surface area contributed by atoms with E-state index >= 15 is 0 Å². The highest BCUT2D eigenvalue weighted by molar-refractivity contribution is 5.80. The summed E-state index contributed by atoms with van der Waals surface area (Å²) < 4.78 is 1.95. The third-order valence-corrected chi connectivity index (χ3v) is 5.21. The Hall–Kier alpha value is -3.72. The zero-order valence-corrected chi connectivity index (χ0v) is 16.5. The molecule has 5 rings (SSSR count). The molecule has 9 heteroatoms. The standard InChI is InChI=1S/C21H20N8O/c1-14-2-3-16(10-23-14)20-17(15-4-6-22-7-5-15)11-24-21(25-20)28-8-9-29-18(12-28)26-27-19(29)13-30/h2-7,10-11,30H,8-9,12-13H2,1H3. The van der Waals surface area contributed by atoms with Gasteiger partial charge in [-0.3, -0.25) is 9.97 Å². The van der Waals surface area contributed by atoms with Gasteiger partial charge in [-0.1, -0.05) is 0 Å². The maximum atomic E-state index is 9.41. The third kappa shape index (κ3) is 3.29. The van der Waals surface area contributed by atoms with Gasteiger partial charge in [-0.2, -0.15) is 0 Å². The molecule has 5 heterocycles. The van der Waals surface area contributed by atoms with Crippen molar-refractivity contribution in [3.63, 3.8) is 0 Å². The molecule has 0 amide bonds. The molecular formula is C21H20N8O. The van der Waals surface area contributed by atoms with Crippen LogP contribution in [0, 0.1) is 6.92 Å². The Morgan fingerprint density at radius 1 is 0.967 bits per heavy atom. The van der Waals surface area contributed by atoms with Crippen molar-refractivity contribution in [1.82, 2.24) is 34.7 Å². The first-order valence-corrected chi connectivity index (χ1v) is 9.70. The van der Waals surface area contributed by atoms with Gasteiger partial charge in [0.05, 0.1) is 12.2 Å². The smallest absolute Gasteiger partial charge is 0.226 e. The molecular weight excluding hydrogens is 380 g/mol. The molecule has 0 saturated carbocycles. The molecule has 1 aliphatic rings. The largest absolute Gasteiger partial charge is 0.388 e. The second kappa shape index (κ2) is 7.60. The van der Waals surface area contributed by atoms with Crippen molar-refractivity contribution in [3.8, 4) is 22.4 Å². The summed E-state index contributed by atoms with van der Waals surface area (Å²) in [6, 6.07) is 7.90. The normalized spacial score (nSPS) is 13.3. The highest BCUT2D eigenvalue weighted by atomic mass is 16.3.